The first-order chi connectivity index (χ1) is 6.70. The van der Waals surface area contributed by atoms with Crippen LogP contribution in [0, 0.1) is 0 Å². The van der Waals surface area contributed by atoms with Gasteiger partial charge in [0, 0.05) is 6.54 Å². The van der Waals surface area contributed by atoms with Crippen LogP contribution in [0.2, 0.25) is 5.02 Å². The number of carbonyl (C=O) groups excluding carboxylic acids is 1. The average Bonchev–Trinajstić information content (AvgIpc) is 2.48. The molecule has 0 atom stereocenters. The number of rotatable bonds is 4. The van der Waals surface area contributed by atoms with Crippen LogP contribution >= 0.6 is 11.6 Å². The number of esters is 1. The highest BCUT2D eigenvalue weighted by atomic mass is 35.5. The van der Waals surface area contributed by atoms with Gasteiger partial charge in [-0.3, -0.25) is 4.68 Å². The van der Waals surface area contributed by atoms with Gasteiger partial charge in [0.2, 0.25) is 0 Å². The minimum absolute atomic E-state index is 0.340. The smallest absolute Gasteiger partial charge is 0.358 e. The molecule has 1 aromatic heterocycles. The molecule has 0 aromatic carbocycles. The van der Waals surface area contributed by atoms with Crippen LogP contribution in [0.4, 0.5) is 0 Å². The summed E-state index contributed by atoms with van der Waals surface area (Å²) in [5.41, 5.74) is 0.343. The molecule has 0 amide bonds. The first kappa shape index (κ1) is 11.0. The van der Waals surface area contributed by atoms with Gasteiger partial charge in [-0.05, 0) is 13.3 Å². The van der Waals surface area contributed by atoms with Crippen molar-refractivity contribution >= 4 is 17.6 Å². The Bertz CT molecular complexity index is 323. The van der Waals surface area contributed by atoms with E-state index in [-0.39, 0.29) is 0 Å². The van der Waals surface area contributed by atoms with Crippen LogP contribution in [0.3, 0.4) is 0 Å². The Morgan fingerprint density at radius 1 is 1.64 bits per heavy atom. The summed E-state index contributed by atoms with van der Waals surface area (Å²) < 4.78 is 6.44. The fourth-order valence-corrected chi connectivity index (χ4v) is 1.36. The van der Waals surface area contributed by atoms with Gasteiger partial charge in [-0.15, -0.1) is 0 Å². The predicted molar refractivity (Wildman–Crippen MR) is 53.5 cm³/mol. The fraction of sp³-hybridized carbons (Fsp3) is 0.556. The lowest BCUT2D eigenvalue weighted by Crippen LogP contribution is -2.13. The lowest BCUT2D eigenvalue weighted by molar-refractivity contribution is 0.0512. The maximum Gasteiger partial charge on any atom is 0.358 e. The van der Waals surface area contributed by atoms with Crippen molar-refractivity contribution in [1.82, 2.24) is 9.78 Å². The Labute approximate surface area is 87.8 Å². The van der Waals surface area contributed by atoms with Crippen molar-refractivity contribution in [2.75, 3.05) is 6.61 Å². The molecule has 0 unspecified atom stereocenters. The van der Waals surface area contributed by atoms with Crippen molar-refractivity contribution < 1.29 is 9.53 Å². The summed E-state index contributed by atoms with van der Waals surface area (Å²) in [5.74, 6) is -0.413. The Morgan fingerprint density at radius 2 is 2.36 bits per heavy atom. The minimum atomic E-state index is -0.413. The number of aryl methyl sites for hydroxylation is 1. The molecular formula is C9H13ClN2O2. The number of nitrogens with zero attached hydrogens (tertiary/aromatic N) is 2. The maximum absolute atomic E-state index is 11.5. The third-order valence-corrected chi connectivity index (χ3v) is 1.98. The lowest BCUT2D eigenvalue weighted by Gasteiger charge is -2.05. The second kappa shape index (κ2) is 5.00. The molecule has 0 N–H and O–H groups in total. The van der Waals surface area contributed by atoms with E-state index in [1.165, 1.54) is 6.20 Å². The average molecular weight is 217 g/mol. The molecule has 5 heteroatoms. The van der Waals surface area contributed by atoms with Crippen LogP contribution in [0.5, 0.6) is 0 Å². The highest BCUT2D eigenvalue weighted by Gasteiger charge is 2.17. The summed E-state index contributed by atoms with van der Waals surface area (Å²) in [6.45, 7) is 4.77. The van der Waals surface area contributed by atoms with E-state index >= 15 is 0 Å². The van der Waals surface area contributed by atoms with Gasteiger partial charge in [-0.2, -0.15) is 5.10 Å². The van der Waals surface area contributed by atoms with Crippen molar-refractivity contribution in [2.45, 2.75) is 26.8 Å². The molecule has 0 aliphatic rings. The van der Waals surface area contributed by atoms with Gasteiger partial charge >= 0.3 is 5.97 Å². The number of hydrogen-bond acceptors (Lipinski definition) is 3. The number of halogens is 1. The summed E-state index contributed by atoms with van der Waals surface area (Å²) in [4.78, 5) is 11.5. The van der Waals surface area contributed by atoms with Gasteiger partial charge in [-0.1, -0.05) is 18.5 Å². The summed E-state index contributed by atoms with van der Waals surface area (Å²) >= 11 is 5.83. The van der Waals surface area contributed by atoms with Crippen molar-refractivity contribution in [3.05, 3.63) is 16.9 Å². The Hall–Kier alpha value is -1.03. The third kappa shape index (κ3) is 2.26. The topological polar surface area (TPSA) is 44.1 Å². The molecule has 1 heterocycles. The highest BCUT2D eigenvalue weighted by Crippen LogP contribution is 2.16. The minimum Gasteiger partial charge on any atom is -0.461 e. The number of carbonyl (C=O) groups is 1. The number of hydrogen-bond donors (Lipinski definition) is 0. The standard InChI is InChI=1S/C9H13ClN2O2/c1-3-5-12-8(7(10)6-11-12)9(13)14-4-2/h6H,3-5H2,1-2H3. The van der Waals surface area contributed by atoms with Crippen LogP contribution in [-0.4, -0.2) is 22.4 Å². The lowest BCUT2D eigenvalue weighted by atomic mass is 10.4. The normalized spacial score (nSPS) is 10.2. The van der Waals surface area contributed by atoms with Crippen LogP contribution in [0.15, 0.2) is 6.20 Å². The van der Waals surface area contributed by atoms with E-state index in [0.717, 1.165) is 6.42 Å². The van der Waals surface area contributed by atoms with Gasteiger partial charge in [-0.25, -0.2) is 4.79 Å². The molecule has 0 bridgehead atoms. The third-order valence-electron chi connectivity index (χ3n) is 1.70. The van der Waals surface area contributed by atoms with Gasteiger partial charge < -0.3 is 4.74 Å². The summed E-state index contributed by atoms with van der Waals surface area (Å²) in [5, 5.41) is 4.34. The van der Waals surface area contributed by atoms with Crippen molar-refractivity contribution in [2.24, 2.45) is 0 Å². The summed E-state index contributed by atoms with van der Waals surface area (Å²) in [7, 11) is 0. The highest BCUT2D eigenvalue weighted by molar-refractivity contribution is 6.33. The molecule has 0 aliphatic carbocycles. The zero-order valence-electron chi connectivity index (χ0n) is 8.29. The Morgan fingerprint density at radius 3 is 2.93 bits per heavy atom. The van der Waals surface area contributed by atoms with E-state index in [1.54, 1.807) is 11.6 Å². The molecule has 0 fully saturated rings. The first-order valence-electron chi connectivity index (χ1n) is 4.59. The second-order valence-corrected chi connectivity index (χ2v) is 3.19. The summed E-state index contributed by atoms with van der Waals surface area (Å²) in [6.07, 6.45) is 2.36. The molecule has 0 saturated carbocycles. The largest absolute Gasteiger partial charge is 0.461 e. The van der Waals surface area contributed by atoms with Crippen molar-refractivity contribution in [1.29, 1.82) is 0 Å². The Balaban J connectivity index is 2.92. The SMILES string of the molecule is CCCn1ncc(Cl)c1C(=O)OCC. The second-order valence-electron chi connectivity index (χ2n) is 2.78. The molecule has 14 heavy (non-hydrogen) atoms. The van der Waals surface area contributed by atoms with Crippen LogP contribution in [0.25, 0.3) is 0 Å². The maximum atomic E-state index is 11.5. The molecular weight excluding hydrogens is 204 g/mol. The molecule has 4 nitrogen and oxygen atoms in total. The van der Waals surface area contributed by atoms with Crippen LogP contribution < -0.4 is 0 Å². The van der Waals surface area contributed by atoms with Gasteiger partial charge in [0.15, 0.2) is 5.69 Å². The quantitative estimate of drug-likeness (QED) is 0.725. The van der Waals surface area contributed by atoms with E-state index in [0.29, 0.717) is 23.9 Å². The molecule has 1 rings (SSSR count). The van der Waals surface area contributed by atoms with Gasteiger partial charge in [0.05, 0.1) is 17.8 Å². The van der Waals surface area contributed by atoms with E-state index in [2.05, 4.69) is 5.10 Å². The van der Waals surface area contributed by atoms with Gasteiger partial charge in [0.1, 0.15) is 0 Å². The first-order valence-corrected chi connectivity index (χ1v) is 4.96. The van der Waals surface area contributed by atoms with Crippen molar-refractivity contribution in [3.8, 4) is 0 Å². The van der Waals surface area contributed by atoms with E-state index in [4.69, 9.17) is 16.3 Å². The van der Waals surface area contributed by atoms with Crippen LogP contribution in [-0.2, 0) is 11.3 Å². The van der Waals surface area contributed by atoms with E-state index in [9.17, 15) is 4.79 Å². The fourth-order valence-electron chi connectivity index (χ4n) is 1.15. The van der Waals surface area contributed by atoms with Crippen molar-refractivity contribution in [3.63, 3.8) is 0 Å². The number of aromatic nitrogens is 2. The predicted octanol–water partition coefficient (Wildman–Crippen LogP) is 2.12. The van der Waals surface area contributed by atoms with Gasteiger partial charge in [0.25, 0.3) is 0 Å². The molecule has 1 aromatic rings. The molecule has 0 aliphatic heterocycles. The van der Waals surface area contributed by atoms with Crippen LogP contribution in [0.1, 0.15) is 30.8 Å². The molecule has 0 spiro atoms. The summed E-state index contributed by atoms with van der Waals surface area (Å²) in [6, 6.07) is 0. The number of ether oxygens (including phenoxy) is 1. The zero-order chi connectivity index (χ0) is 10.6. The molecule has 0 radical (unpaired) electrons. The molecule has 0 saturated heterocycles. The monoisotopic (exact) mass is 216 g/mol. The zero-order valence-corrected chi connectivity index (χ0v) is 9.04. The van der Waals surface area contributed by atoms with E-state index < -0.39 is 5.97 Å². The Kier molecular flexibility index (Phi) is 3.95. The van der Waals surface area contributed by atoms with E-state index in [1.807, 2.05) is 6.92 Å². The molecule has 78 valence electrons.